The standard InChI is InChI=1S/C15H12FN3O2S/c1-21-12-5-4-9(7-10(12)16)15(20)17-14-8-11(18-19-14)13-3-2-6-22-13/h2-8H,1H3,(H2,17,18,19,20). The number of halogens is 1. The summed E-state index contributed by atoms with van der Waals surface area (Å²) in [4.78, 5) is 13.1. The van der Waals surface area contributed by atoms with Gasteiger partial charge in [0.05, 0.1) is 17.7 Å². The number of carbonyl (C=O) groups is 1. The predicted molar refractivity (Wildman–Crippen MR) is 82.8 cm³/mol. The lowest BCUT2D eigenvalue weighted by Gasteiger charge is -2.05. The summed E-state index contributed by atoms with van der Waals surface area (Å²) in [6.07, 6.45) is 0. The molecule has 0 spiro atoms. The second-order valence-corrected chi connectivity index (χ2v) is 5.40. The molecule has 0 bridgehead atoms. The fourth-order valence-corrected chi connectivity index (χ4v) is 2.63. The molecule has 2 N–H and O–H groups in total. The number of aromatic nitrogens is 2. The number of rotatable bonds is 4. The summed E-state index contributed by atoms with van der Waals surface area (Å²) in [5.74, 6) is -0.553. The maximum Gasteiger partial charge on any atom is 0.256 e. The first kappa shape index (κ1) is 14.3. The molecule has 3 aromatic rings. The van der Waals surface area contributed by atoms with Gasteiger partial charge in [-0.1, -0.05) is 6.07 Å². The Balaban J connectivity index is 1.76. The zero-order chi connectivity index (χ0) is 15.5. The van der Waals surface area contributed by atoms with E-state index in [-0.39, 0.29) is 11.3 Å². The van der Waals surface area contributed by atoms with Gasteiger partial charge >= 0.3 is 0 Å². The number of benzene rings is 1. The second kappa shape index (κ2) is 5.98. The van der Waals surface area contributed by atoms with Crippen LogP contribution in [0.2, 0.25) is 0 Å². The minimum absolute atomic E-state index is 0.0938. The van der Waals surface area contributed by atoms with Crippen LogP contribution >= 0.6 is 11.3 Å². The third-order valence-electron chi connectivity index (χ3n) is 3.02. The van der Waals surface area contributed by atoms with Crippen molar-refractivity contribution >= 4 is 23.1 Å². The molecule has 0 saturated carbocycles. The van der Waals surface area contributed by atoms with E-state index in [2.05, 4.69) is 15.5 Å². The minimum Gasteiger partial charge on any atom is -0.494 e. The zero-order valence-corrected chi connectivity index (χ0v) is 12.4. The Kier molecular flexibility index (Phi) is 3.88. The number of aromatic amines is 1. The van der Waals surface area contributed by atoms with Crippen LogP contribution in [-0.4, -0.2) is 23.2 Å². The van der Waals surface area contributed by atoms with Crippen molar-refractivity contribution in [2.75, 3.05) is 12.4 Å². The van der Waals surface area contributed by atoms with Crippen molar-refractivity contribution in [3.8, 4) is 16.3 Å². The van der Waals surface area contributed by atoms with Crippen molar-refractivity contribution in [2.45, 2.75) is 0 Å². The van der Waals surface area contributed by atoms with Gasteiger partial charge in [-0.05, 0) is 29.6 Å². The van der Waals surface area contributed by atoms with Crippen molar-refractivity contribution in [3.63, 3.8) is 0 Å². The number of hydrogen-bond acceptors (Lipinski definition) is 4. The van der Waals surface area contributed by atoms with Gasteiger partial charge in [0.25, 0.3) is 5.91 Å². The molecule has 0 saturated heterocycles. The molecular formula is C15H12FN3O2S. The van der Waals surface area contributed by atoms with Crippen LogP contribution in [-0.2, 0) is 0 Å². The molecule has 0 aliphatic heterocycles. The number of amides is 1. The molecule has 2 heterocycles. The molecular weight excluding hydrogens is 305 g/mol. The summed E-state index contributed by atoms with van der Waals surface area (Å²) in [5.41, 5.74) is 1.00. The lowest BCUT2D eigenvalue weighted by Crippen LogP contribution is -2.12. The minimum atomic E-state index is -0.587. The number of methoxy groups -OCH3 is 1. The van der Waals surface area contributed by atoms with E-state index < -0.39 is 11.7 Å². The Bertz CT molecular complexity index is 799. The van der Waals surface area contributed by atoms with Crippen LogP contribution in [0.3, 0.4) is 0 Å². The van der Waals surface area contributed by atoms with Crippen LogP contribution in [0.1, 0.15) is 10.4 Å². The maximum atomic E-state index is 13.6. The SMILES string of the molecule is COc1ccc(C(=O)Nc2cc(-c3cccs3)[nH]n2)cc1F. The third kappa shape index (κ3) is 2.84. The molecule has 0 atom stereocenters. The van der Waals surface area contributed by atoms with Crippen LogP contribution in [0.25, 0.3) is 10.6 Å². The van der Waals surface area contributed by atoms with E-state index in [4.69, 9.17) is 4.74 Å². The van der Waals surface area contributed by atoms with E-state index in [1.807, 2.05) is 17.5 Å². The number of hydrogen-bond donors (Lipinski definition) is 2. The van der Waals surface area contributed by atoms with Crippen molar-refractivity contribution in [1.82, 2.24) is 10.2 Å². The Hall–Kier alpha value is -2.67. The van der Waals surface area contributed by atoms with Crippen LogP contribution in [0.4, 0.5) is 10.2 Å². The summed E-state index contributed by atoms with van der Waals surface area (Å²) in [7, 11) is 1.37. The van der Waals surface area contributed by atoms with E-state index in [9.17, 15) is 9.18 Å². The van der Waals surface area contributed by atoms with E-state index in [1.54, 1.807) is 17.4 Å². The molecule has 0 fully saturated rings. The molecule has 0 radical (unpaired) electrons. The number of carbonyl (C=O) groups excluding carboxylic acids is 1. The smallest absolute Gasteiger partial charge is 0.256 e. The predicted octanol–water partition coefficient (Wildman–Crippen LogP) is 3.54. The highest BCUT2D eigenvalue weighted by atomic mass is 32.1. The topological polar surface area (TPSA) is 67.0 Å². The molecule has 112 valence electrons. The van der Waals surface area contributed by atoms with Gasteiger partial charge in [0.2, 0.25) is 0 Å². The van der Waals surface area contributed by atoms with E-state index >= 15 is 0 Å². The first-order chi connectivity index (χ1) is 10.7. The molecule has 0 aliphatic carbocycles. The first-order valence-corrected chi connectivity index (χ1v) is 7.29. The fraction of sp³-hybridized carbons (Fsp3) is 0.0667. The average Bonchev–Trinajstić information content (AvgIpc) is 3.17. The third-order valence-corrected chi connectivity index (χ3v) is 3.92. The molecule has 2 aromatic heterocycles. The number of ether oxygens (including phenoxy) is 1. The quantitative estimate of drug-likeness (QED) is 0.773. The molecule has 1 aromatic carbocycles. The van der Waals surface area contributed by atoms with E-state index in [0.717, 1.165) is 16.6 Å². The second-order valence-electron chi connectivity index (χ2n) is 4.45. The van der Waals surface area contributed by atoms with Gasteiger partial charge in [-0.25, -0.2) is 4.39 Å². The van der Waals surface area contributed by atoms with Gasteiger partial charge in [-0.2, -0.15) is 5.10 Å². The van der Waals surface area contributed by atoms with Crippen LogP contribution in [0.15, 0.2) is 41.8 Å². The fourth-order valence-electron chi connectivity index (χ4n) is 1.94. The van der Waals surface area contributed by atoms with Crippen molar-refractivity contribution in [1.29, 1.82) is 0 Å². The normalized spacial score (nSPS) is 10.5. The van der Waals surface area contributed by atoms with Crippen molar-refractivity contribution < 1.29 is 13.9 Å². The zero-order valence-electron chi connectivity index (χ0n) is 11.6. The van der Waals surface area contributed by atoms with E-state index in [0.29, 0.717) is 5.82 Å². The number of nitrogens with zero attached hydrogens (tertiary/aromatic N) is 1. The molecule has 3 rings (SSSR count). The summed E-state index contributed by atoms with van der Waals surface area (Å²) in [6, 6.07) is 9.63. The summed E-state index contributed by atoms with van der Waals surface area (Å²) in [5, 5.41) is 11.4. The van der Waals surface area contributed by atoms with Gasteiger partial charge in [0, 0.05) is 11.6 Å². The highest BCUT2D eigenvalue weighted by Crippen LogP contribution is 2.24. The van der Waals surface area contributed by atoms with Gasteiger partial charge < -0.3 is 10.1 Å². The number of nitrogens with one attached hydrogen (secondary N) is 2. The lowest BCUT2D eigenvalue weighted by molar-refractivity contribution is 0.102. The highest BCUT2D eigenvalue weighted by Gasteiger charge is 2.12. The Labute approximate surface area is 129 Å². The van der Waals surface area contributed by atoms with Gasteiger partial charge in [0.1, 0.15) is 0 Å². The largest absolute Gasteiger partial charge is 0.494 e. The van der Waals surface area contributed by atoms with E-state index in [1.165, 1.54) is 19.2 Å². The summed E-state index contributed by atoms with van der Waals surface area (Å²) >= 11 is 1.56. The molecule has 0 aliphatic rings. The Morgan fingerprint density at radius 2 is 2.23 bits per heavy atom. The van der Waals surface area contributed by atoms with Crippen LogP contribution in [0, 0.1) is 5.82 Å². The van der Waals surface area contributed by atoms with Gasteiger partial charge in [-0.15, -0.1) is 11.3 Å². The average molecular weight is 317 g/mol. The molecule has 5 nitrogen and oxygen atoms in total. The maximum absolute atomic E-state index is 13.6. The van der Waals surface area contributed by atoms with Gasteiger partial charge in [0.15, 0.2) is 17.4 Å². The molecule has 1 amide bonds. The number of anilines is 1. The van der Waals surface area contributed by atoms with Gasteiger partial charge in [-0.3, -0.25) is 9.89 Å². The summed E-state index contributed by atoms with van der Waals surface area (Å²) in [6.45, 7) is 0. The first-order valence-electron chi connectivity index (χ1n) is 6.41. The Morgan fingerprint density at radius 1 is 1.36 bits per heavy atom. The van der Waals surface area contributed by atoms with Crippen molar-refractivity contribution in [3.05, 3.63) is 53.2 Å². The molecule has 7 heteroatoms. The number of H-pyrrole nitrogens is 1. The van der Waals surface area contributed by atoms with Crippen molar-refractivity contribution in [2.24, 2.45) is 0 Å². The number of thiophene rings is 1. The monoisotopic (exact) mass is 317 g/mol. The lowest BCUT2D eigenvalue weighted by atomic mass is 10.2. The van der Waals surface area contributed by atoms with Crippen LogP contribution in [0.5, 0.6) is 5.75 Å². The molecule has 0 unspecified atom stereocenters. The summed E-state index contributed by atoms with van der Waals surface area (Å²) < 4.78 is 18.4. The molecule has 22 heavy (non-hydrogen) atoms. The van der Waals surface area contributed by atoms with Crippen LogP contribution < -0.4 is 10.1 Å². The Morgan fingerprint density at radius 3 is 2.91 bits per heavy atom. The highest BCUT2D eigenvalue weighted by molar-refractivity contribution is 7.13.